The summed E-state index contributed by atoms with van der Waals surface area (Å²) in [5.74, 6) is 0.191. The number of anilines is 1. The summed E-state index contributed by atoms with van der Waals surface area (Å²) in [6.07, 6.45) is 5.16. The zero-order valence-corrected chi connectivity index (χ0v) is 13.6. The van der Waals surface area contributed by atoms with Gasteiger partial charge in [0.15, 0.2) is 6.61 Å². The van der Waals surface area contributed by atoms with Crippen molar-refractivity contribution in [3.8, 4) is 11.6 Å². The van der Waals surface area contributed by atoms with E-state index >= 15 is 0 Å². The van der Waals surface area contributed by atoms with Gasteiger partial charge in [0.2, 0.25) is 5.88 Å². The van der Waals surface area contributed by atoms with Crippen LogP contribution in [0.25, 0.3) is 5.69 Å². The number of hydrogen-bond acceptors (Lipinski definition) is 4. The van der Waals surface area contributed by atoms with Gasteiger partial charge in [0.25, 0.3) is 5.91 Å². The Morgan fingerprint density at radius 1 is 1.17 bits per heavy atom. The lowest BCUT2D eigenvalue weighted by Crippen LogP contribution is -2.21. The molecular formula is C18H18N4O2. The first kappa shape index (κ1) is 15.7. The largest absolute Gasteiger partial charge is 0.466 e. The van der Waals surface area contributed by atoms with Crippen molar-refractivity contribution in [2.75, 3.05) is 11.9 Å². The monoisotopic (exact) mass is 322 g/mol. The van der Waals surface area contributed by atoms with Crippen molar-refractivity contribution in [3.63, 3.8) is 0 Å². The predicted molar refractivity (Wildman–Crippen MR) is 91.4 cm³/mol. The molecule has 2 heterocycles. The van der Waals surface area contributed by atoms with Crippen LogP contribution in [0, 0.1) is 13.8 Å². The van der Waals surface area contributed by atoms with Crippen molar-refractivity contribution in [1.82, 2.24) is 14.8 Å². The average Bonchev–Trinajstić information content (AvgIpc) is 2.97. The second kappa shape index (κ2) is 6.95. The van der Waals surface area contributed by atoms with Crippen LogP contribution in [-0.4, -0.2) is 27.3 Å². The van der Waals surface area contributed by atoms with Gasteiger partial charge in [-0.1, -0.05) is 18.2 Å². The van der Waals surface area contributed by atoms with E-state index in [1.165, 1.54) is 0 Å². The summed E-state index contributed by atoms with van der Waals surface area (Å²) in [6.45, 7) is 3.69. The second-order valence-electron chi connectivity index (χ2n) is 5.42. The smallest absolute Gasteiger partial charge is 0.262 e. The molecule has 0 saturated carbocycles. The molecule has 1 amide bonds. The van der Waals surface area contributed by atoms with Crippen LogP contribution in [0.3, 0.4) is 0 Å². The van der Waals surface area contributed by atoms with Crippen LogP contribution in [0.1, 0.15) is 11.1 Å². The van der Waals surface area contributed by atoms with Crippen LogP contribution in [0.2, 0.25) is 0 Å². The van der Waals surface area contributed by atoms with Gasteiger partial charge in [0, 0.05) is 18.0 Å². The molecule has 6 nitrogen and oxygen atoms in total. The first-order valence-electron chi connectivity index (χ1n) is 7.58. The topological polar surface area (TPSA) is 69.0 Å². The normalized spacial score (nSPS) is 10.4. The third kappa shape index (κ3) is 3.60. The number of aromatic nitrogens is 3. The minimum absolute atomic E-state index is 0.110. The van der Waals surface area contributed by atoms with Gasteiger partial charge in [-0.15, -0.1) is 5.10 Å². The number of para-hydroxylation sites is 1. The summed E-state index contributed by atoms with van der Waals surface area (Å²) < 4.78 is 7.28. The predicted octanol–water partition coefficient (Wildman–Crippen LogP) is 2.90. The highest BCUT2D eigenvalue weighted by molar-refractivity contribution is 5.92. The van der Waals surface area contributed by atoms with Gasteiger partial charge in [0.1, 0.15) is 0 Å². The molecule has 1 N–H and O–H groups in total. The average molecular weight is 322 g/mol. The van der Waals surface area contributed by atoms with E-state index in [4.69, 9.17) is 4.74 Å². The number of carbonyl (C=O) groups excluding carboxylic acids is 1. The lowest BCUT2D eigenvalue weighted by molar-refractivity contribution is -0.118. The third-order valence-corrected chi connectivity index (χ3v) is 3.53. The van der Waals surface area contributed by atoms with Gasteiger partial charge < -0.3 is 10.1 Å². The van der Waals surface area contributed by atoms with Crippen LogP contribution in [0.4, 0.5) is 5.69 Å². The number of carbonyl (C=O) groups is 1. The summed E-state index contributed by atoms with van der Waals surface area (Å²) in [5.41, 5.74) is 3.43. The highest BCUT2D eigenvalue weighted by atomic mass is 16.5. The molecule has 2 aromatic heterocycles. The number of aryl methyl sites for hydroxylation is 2. The highest BCUT2D eigenvalue weighted by Gasteiger charge is 2.11. The molecule has 3 rings (SSSR count). The van der Waals surface area contributed by atoms with Crippen LogP contribution in [-0.2, 0) is 4.79 Å². The SMILES string of the molecule is Cc1ccncc1NC(=O)COc1nn(-c2ccccc2)cc1C. The fraction of sp³-hybridized carbons (Fsp3) is 0.167. The number of pyridine rings is 1. The number of nitrogens with zero attached hydrogens (tertiary/aromatic N) is 3. The Morgan fingerprint density at radius 3 is 2.71 bits per heavy atom. The molecule has 3 aromatic rings. The van der Waals surface area contributed by atoms with Crippen molar-refractivity contribution < 1.29 is 9.53 Å². The molecule has 0 spiro atoms. The molecule has 6 heteroatoms. The maximum absolute atomic E-state index is 12.0. The molecule has 0 saturated heterocycles. The summed E-state index contributed by atoms with van der Waals surface area (Å²) in [6, 6.07) is 11.6. The zero-order chi connectivity index (χ0) is 16.9. The van der Waals surface area contributed by atoms with Crippen molar-refractivity contribution in [3.05, 3.63) is 66.1 Å². The van der Waals surface area contributed by atoms with Crippen LogP contribution < -0.4 is 10.1 Å². The van der Waals surface area contributed by atoms with E-state index in [0.29, 0.717) is 11.6 Å². The quantitative estimate of drug-likeness (QED) is 0.784. The van der Waals surface area contributed by atoms with E-state index in [1.807, 2.05) is 56.4 Å². The maximum atomic E-state index is 12.0. The second-order valence-corrected chi connectivity index (χ2v) is 5.42. The van der Waals surface area contributed by atoms with E-state index in [-0.39, 0.29) is 12.5 Å². The number of benzene rings is 1. The fourth-order valence-corrected chi connectivity index (χ4v) is 2.21. The Hall–Kier alpha value is -3.15. The van der Waals surface area contributed by atoms with Crippen LogP contribution >= 0.6 is 0 Å². The number of ether oxygens (including phenoxy) is 1. The lowest BCUT2D eigenvalue weighted by Gasteiger charge is -2.08. The molecule has 0 aliphatic rings. The summed E-state index contributed by atoms with van der Waals surface area (Å²) in [7, 11) is 0. The number of hydrogen-bond donors (Lipinski definition) is 1. The van der Waals surface area contributed by atoms with Gasteiger partial charge >= 0.3 is 0 Å². The van der Waals surface area contributed by atoms with E-state index in [0.717, 1.165) is 16.8 Å². The van der Waals surface area contributed by atoms with Gasteiger partial charge in [-0.05, 0) is 37.6 Å². The van der Waals surface area contributed by atoms with Crippen molar-refractivity contribution >= 4 is 11.6 Å². The van der Waals surface area contributed by atoms with Crippen molar-refractivity contribution in [2.24, 2.45) is 0 Å². The van der Waals surface area contributed by atoms with Gasteiger partial charge in [-0.3, -0.25) is 9.78 Å². The maximum Gasteiger partial charge on any atom is 0.262 e. The molecule has 0 aliphatic heterocycles. The summed E-state index contributed by atoms with van der Waals surface area (Å²) in [4.78, 5) is 16.0. The third-order valence-electron chi connectivity index (χ3n) is 3.53. The Balaban J connectivity index is 1.64. The van der Waals surface area contributed by atoms with Gasteiger partial charge in [-0.25, -0.2) is 4.68 Å². The first-order chi connectivity index (χ1) is 11.6. The van der Waals surface area contributed by atoms with Crippen LogP contribution in [0.5, 0.6) is 5.88 Å². The number of amides is 1. The Morgan fingerprint density at radius 2 is 1.96 bits per heavy atom. The van der Waals surface area contributed by atoms with E-state index in [1.54, 1.807) is 17.1 Å². The molecule has 122 valence electrons. The number of nitrogens with one attached hydrogen (secondary N) is 1. The molecule has 0 aliphatic carbocycles. The molecule has 0 unspecified atom stereocenters. The molecular weight excluding hydrogens is 304 g/mol. The minimum Gasteiger partial charge on any atom is -0.466 e. The van der Waals surface area contributed by atoms with E-state index in [2.05, 4.69) is 15.4 Å². The highest BCUT2D eigenvalue weighted by Crippen LogP contribution is 2.18. The van der Waals surface area contributed by atoms with Gasteiger partial charge in [0.05, 0.1) is 17.6 Å². The molecule has 1 aromatic carbocycles. The number of rotatable bonds is 5. The molecule has 0 bridgehead atoms. The van der Waals surface area contributed by atoms with Crippen molar-refractivity contribution in [2.45, 2.75) is 13.8 Å². The standard InChI is InChI=1S/C18H18N4O2/c1-13-8-9-19-10-16(13)20-17(23)12-24-18-14(2)11-22(21-18)15-6-4-3-5-7-15/h3-11H,12H2,1-2H3,(H,20,23). The lowest BCUT2D eigenvalue weighted by atomic mass is 10.2. The summed E-state index contributed by atoms with van der Waals surface area (Å²) in [5, 5.41) is 7.16. The molecule has 0 fully saturated rings. The zero-order valence-electron chi connectivity index (χ0n) is 13.6. The first-order valence-corrected chi connectivity index (χ1v) is 7.58. The molecule has 24 heavy (non-hydrogen) atoms. The van der Waals surface area contributed by atoms with E-state index in [9.17, 15) is 4.79 Å². The Kier molecular flexibility index (Phi) is 4.56. The Bertz CT molecular complexity index is 843. The van der Waals surface area contributed by atoms with E-state index < -0.39 is 0 Å². The molecule has 0 radical (unpaired) electrons. The minimum atomic E-state index is -0.250. The van der Waals surface area contributed by atoms with Crippen LogP contribution in [0.15, 0.2) is 55.0 Å². The van der Waals surface area contributed by atoms with Crippen molar-refractivity contribution in [1.29, 1.82) is 0 Å². The fourth-order valence-electron chi connectivity index (χ4n) is 2.21. The molecule has 0 atom stereocenters. The summed E-state index contributed by atoms with van der Waals surface area (Å²) >= 11 is 0. The van der Waals surface area contributed by atoms with Gasteiger partial charge in [-0.2, -0.15) is 0 Å². The Labute approximate surface area is 140 Å².